The van der Waals surface area contributed by atoms with Crippen LogP contribution in [0.15, 0.2) is 30.3 Å². The van der Waals surface area contributed by atoms with Gasteiger partial charge in [0.1, 0.15) is 0 Å². The highest BCUT2D eigenvalue weighted by molar-refractivity contribution is 7.99. The lowest BCUT2D eigenvalue weighted by Crippen LogP contribution is -2.40. The van der Waals surface area contributed by atoms with Gasteiger partial charge in [-0.1, -0.05) is 44.2 Å². The summed E-state index contributed by atoms with van der Waals surface area (Å²) in [6, 6.07) is 9.99. The van der Waals surface area contributed by atoms with Crippen LogP contribution < -0.4 is 0 Å². The Hall–Kier alpha value is -0.510. The van der Waals surface area contributed by atoms with E-state index in [-0.39, 0.29) is 12.0 Å². The van der Waals surface area contributed by atoms with Gasteiger partial charge in [0.15, 0.2) is 0 Å². The van der Waals surface area contributed by atoms with Crippen molar-refractivity contribution in [3.63, 3.8) is 0 Å². The number of hydrogen-bond donors (Lipinski definition) is 1. The van der Waals surface area contributed by atoms with E-state index in [1.807, 2.05) is 42.1 Å². The van der Waals surface area contributed by atoms with Gasteiger partial charge in [0.05, 0.1) is 6.10 Å². The van der Waals surface area contributed by atoms with E-state index in [9.17, 15) is 5.11 Å². The van der Waals surface area contributed by atoms with E-state index >= 15 is 0 Å². The van der Waals surface area contributed by atoms with Crippen LogP contribution in [0, 0.1) is 5.92 Å². The monoisotopic (exact) mass is 265 g/mol. The summed E-state index contributed by atoms with van der Waals surface area (Å²) in [7, 11) is 0. The number of aliphatic hydroxyl groups excluding tert-OH is 1. The van der Waals surface area contributed by atoms with Gasteiger partial charge in [-0.3, -0.25) is 0 Å². The molecule has 0 saturated carbocycles. The molecular weight excluding hydrogens is 242 g/mol. The molecule has 18 heavy (non-hydrogen) atoms. The van der Waals surface area contributed by atoms with Gasteiger partial charge in [-0.2, -0.15) is 11.8 Å². The fraction of sp³-hybridized carbons (Fsp3) is 0.600. The third-order valence-electron chi connectivity index (χ3n) is 3.55. The van der Waals surface area contributed by atoms with E-state index < -0.39 is 0 Å². The first-order valence-corrected chi connectivity index (χ1v) is 7.78. The molecule has 100 valence electrons. The summed E-state index contributed by atoms with van der Waals surface area (Å²) >= 11 is 2.05. The highest BCUT2D eigenvalue weighted by Gasteiger charge is 2.22. The van der Waals surface area contributed by atoms with Crippen molar-refractivity contribution in [3.05, 3.63) is 35.9 Å². The van der Waals surface area contributed by atoms with Crippen LogP contribution >= 0.6 is 11.8 Å². The molecular formula is C15H23NOS. The first-order chi connectivity index (χ1) is 8.66. The van der Waals surface area contributed by atoms with Crippen molar-refractivity contribution in [1.82, 2.24) is 4.90 Å². The molecule has 2 rings (SSSR count). The molecule has 3 unspecified atom stereocenters. The molecule has 0 aliphatic carbocycles. The highest BCUT2D eigenvalue weighted by Crippen LogP contribution is 2.24. The molecule has 0 aromatic heterocycles. The average Bonchev–Trinajstić information content (AvgIpc) is 2.39. The van der Waals surface area contributed by atoms with Crippen LogP contribution in [0.4, 0.5) is 0 Å². The van der Waals surface area contributed by atoms with Crippen LogP contribution in [0.2, 0.25) is 0 Å². The van der Waals surface area contributed by atoms with Gasteiger partial charge in [-0.25, -0.2) is 0 Å². The van der Waals surface area contributed by atoms with E-state index in [2.05, 4.69) is 18.7 Å². The second-order valence-corrected chi connectivity index (χ2v) is 6.82. The SMILES string of the molecule is CC1CN(CC(C)C(O)c2ccccc2)CCS1. The maximum absolute atomic E-state index is 10.4. The minimum absolute atomic E-state index is 0.280. The lowest BCUT2D eigenvalue weighted by atomic mass is 9.97. The van der Waals surface area contributed by atoms with Crippen molar-refractivity contribution in [2.75, 3.05) is 25.4 Å². The van der Waals surface area contributed by atoms with Crippen molar-refractivity contribution >= 4 is 11.8 Å². The second-order valence-electron chi connectivity index (χ2n) is 5.27. The van der Waals surface area contributed by atoms with E-state index in [1.165, 1.54) is 5.75 Å². The van der Waals surface area contributed by atoms with Crippen LogP contribution in [0.1, 0.15) is 25.5 Å². The zero-order valence-corrected chi connectivity index (χ0v) is 12.1. The number of nitrogens with zero attached hydrogens (tertiary/aromatic N) is 1. The van der Waals surface area contributed by atoms with E-state index in [0.29, 0.717) is 0 Å². The van der Waals surface area contributed by atoms with Gasteiger partial charge in [-0.15, -0.1) is 0 Å². The molecule has 0 bridgehead atoms. The van der Waals surface area contributed by atoms with Gasteiger partial charge in [0.25, 0.3) is 0 Å². The van der Waals surface area contributed by atoms with Crippen LogP contribution in [0.25, 0.3) is 0 Å². The van der Waals surface area contributed by atoms with Crippen molar-refractivity contribution in [2.45, 2.75) is 25.2 Å². The quantitative estimate of drug-likeness (QED) is 0.905. The standard InChI is InChI=1S/C15H23NOS/c1-12(10-16-8-9-18-13(2)11-16)15(17)14-6-4-3-5-7-14/h3-7,12-13,15,17H,8-11H2,1-2H3. The van der Waals surface area contributed by atoms with E-state index in [1.54, 1.807) is 0 Å². The summed E-state index contributed by atoms with van der Waals surface area (Å²) in [6.07, 6.45) is -0.351. The molecule has 0 amide bonds. The van der Waals surface area contributed by atoms with Crippen molar-refractivity contribution < 1.29 is 5.11 Å². The summed E-state index contributed by atoms with van der Waals surface area (Å²) in [5.74, 6) is 1.50. The van der Waals surface area contributed by atoms with Gasteiger partial charge >= 0.3 is 0 Å². The molecule has 1 aliphatic rings. The summed E-state index contributed by atoms with van der Waals surface area (Å²) in [5, 5.41) is 11.1. The molecule has 1 aromatic rings. The molecule has 1 N–H and O–H groups in total. The van der Waals surface area contributed by atoms with Crippen LogP contribution in [0.5, 0.6) is 0 Å². The normalized spacial score (nSPS) is 24.7. The van der Waals surface area contributed by atoms with Gasteiger partial charge in [0.2, 0.25) is 0 Å². The lowest BCUT2D eigenvalue weighted by molar-refractivity contribution is 0.0893. The number of aliphatic hydroxyl groups is 1. The minimum Gasteiger partial charge on any atom is -0.388 e. The Morgan fingerprint density at radius 3 is 2.78 bits per heavy atom. The maximum Gasteiger partial charge on any atom is 0.0827 e. The topological polar surface area (TPSA) is 23.5 Å². The molecule has 1 saturated heterocycles. The zero-order chi connectivity index (χ0) is 13.0. The predicted molar refractivity (Wildman–Crippen MR) is 78.9 cm³/mol. The Bertz CT molecular complexity index is 357. The molecule has 3 atom stereocenters. The van der Waals surface area contributed by atoms with Crippen LogP contribution in [-0.4, -0.2) is 40.6 Å². The van der Waals surface area contributed by atoms with Crippen LogP contribution in [-0.2, 0) is 0 Å². The smallest absolute Gasteiger partial charge is 0.0827 e. The molecule has 0 spiro atoms. The molecule has 2 nitrogen and oxygen atoms in total. The highest BCUT2D eigenvalue weighted by atomic mass is 32.2. The number of benzene rings is 1. The summed E-state index contributed by atoms with van der Waals surface area (Å²) < 4.78 is 0. The fourth-order valence-electron chi connectivity index (χ4n) is 2.54. The molecule has 1 heterocycles. The Kier molecular flexibility index (Phi) is 5.10. The minimum atomic E-state index is -0.351. The fourth-order valence-corrected chi connectivity index (χ4v) is 3.62. The van der Waals surface area contributed by atoms with Gasteiger partial charge < -0.3 is 10.0 Å². The third-order valence-corrected chi connectivity index (χ3v) is 4.69. The van der Waals surface area contributed by atoms with Crippen LogP contribution in [0.3, 0.4) is 0 Å². The first kappa shape index (κ1) is 13.9. The first-order valence-electron chi connectivity index (χ1n) is 6.74. The molecule has 1 aliphatic heterocycles. The molecule has 0 radical (unpaired) electrons. The Morgan fingerprint density at radius 1 is 1.39 bits per heavy atom. The zero-order valence-electron chi connectivity index (χ0n) is 11.2. The summed E-state index contributed by atoms with van der Waals surface area (Å²) in [4.78, 5) is 2.48. The second kappa shape index (κ2) is 6.60. The summed E-state index contributed by atoms with van der Waals surface area (Å²) in [6.45, 7) is 7.72. The molecule has 1 aromatic carbocycles. The number of hydrogen-bond acceptors (Lipinski definition) is 3. The summed E-state index contributed by atoms with van der Waals surface area (Å²) in [5.41, 5.74) is 1.03. The molecule has 3 heteroatoms. The Balaban J connectivity index is 1.89. The van der Waals surface area contributed by atoms with Crippen molar-refractivity contribution in [2.24, 2.45) is 5.92 Å². The van der Waals surface area contributed by atoms with Crippen molar-refractivity contribution in [1.29, 1.82) is 0 Å². The molecule has 1 fully saturated rings. The largest absolute Gasteiger partial charge is 0.388 e. The number of thioether (sulfide) groups is 1. The maximum atomic E-state index is 10.4. The predicted octanol–water partition coefficient (Wildman–Crippen LogP) is 2.79. The number of rotatable bonds is 4. The van der Waals surface area contributed by atoms with Gasteiger partial charge in [0, 0.05) is 30.6 Å². The van der Waals surface area contributed by atoms with E-state index in [0.717, 1.165) is 30.4 Å². The Morgan fingerprint density at radius 2 is 2.11 bits per heavy atom. The lowest BCUT2D eigenvalue weighted by Gasteiger charge is -2.33. The van der Waals surface area contributed by atoms with Crippen molar-refractivity contribution in [3.8, 4) is 0 Å². The van der Waals surface area contributed by atoms with Gasteiger partial charge in [-0.05, 0) is 11.5 Å². The Labute approximate surface area is 114 Å². The van der Waals surface area contributed by atoms with E-state index in [4.69, 9.17) is 0 Å². The third kappa shape index (κ3) is 3.74. The average molecular weight is 265 g/mol.